The minimum atomic E-state index is -0.0198. The molecule has 2 aliphatic rings. The third-order valence-electron chi connectivity index (χ3n) is 4.47. The van der Waals surface area contributed by atoms with Crippen LogP contribution in [-0.4, -0.2) is 10.7 Å². The Labute approximate surface area is 144 Å². The summed E-state index contributed by atoms with van der Waals surface area (Å²) in [6, 6.07) is 4.27. The minimum Gasteiger partial charge on any atom is -0.278 e. The van der Waals surface area contributed by atoms with E-state index in [4.69, 9.17) is 21.6 Å². The van der Waals surface area contributed by atoms with Crippen molar-refractivity contribution in [1.29, 1.82) is 0 Å². The Kier molecular flexibility index (Phi) is 3.79. The van der Waals surface area contributed by atoms with E-state index in [1.165, 1.54) is 0 Å². The molecular formula is C20H25ClN2. The molecule has 0 bridgehead atoms. The van der Waals surface area contributed by atoms with Gasteiger partial charge in [-0.25, -0.2) is 0 Å². The second-order valence-corrected chi connectivity index (χ2v) is 8.98. The maximum Gasteiger partial charge on any atom is 0.104 e. The molecule has 1 aliphatic carbocycles. The van der Waals surface area contributed by atoms with Crippen LogP contribution in [0, 0.1) is 11.3 Å². The SMILES string of the molecule is CC(C)(C)C1=NC2c3nc(C(C)(C)C)ccc3C=CC2C(Cl)=C1. The molecule has 1 aromatic rings. The van der Waals surface area contributed by atoms with E-state index in [1.807, 2.05) is 6.08 Å². The zero-order chi connectivity index (χ0) is 17.0. The van der Waals surface area contributed by atoms with Gasteiger partial charge in [-0.3, -0.25) is 9.98 Å². The van der Waals surface area contributed by atoms with Crippen molar-refractivity contribution in [2.45, 2.75) is 53.0 Å². The van der Waals surface area contributed by atoms with Crippen molar-refractivity contribution in [3.05, 3.63) is 46.3 Å². The molecule has 122 valence electrons. The average molecular weight is 329 g/mol. The lowest BCUT2D eigenvalue weighted by molar-refractivity contribution is 0.524. The van der Waals surface area contributed by atoms with E-state index in [1.54, 1.807) is 0 Å². The van der Waals surface area contributed by atoms with Gasteiger partial charge in [0.1, 0.15) is 6.04 Å². The van der Waals surface area contributed by atoms with Crippen molar-refractivity contribution in [1.82, 2.24) is 4.98 Å². The summed E-state index contributed by atoms with van der Waals surface area (Å²) in [6.07, 6.45) is 6.32. The summed E-state index contributed by atoms with van der Waals surface area (Å²) >= 11 is 6.59. The van der Waals surface area contributed by atoms with Gasteiger partial charge in [-0.15, -0.1) is 0 Å². The summed E-state index contributed by atoms with van der Waals surface area (Å²) in [6.45, 7) is 13.1. The quantitative estimate of drug-likeness (QED) is 0.600. The number of allylic oxidation sites excluding steroid dienone is 1. The Morgan fingerprint density at radius 2 is 1.70 bits per heavy atom. The summed E-state index contributed by atoms with van der Waals surface area (Å²) < 4.78 is 0. The van der Waals surface area contributed by atoms with Crippen LogP contribution >= 0.6 is 11.6 Å². The van der Waals surface area contributed by atoms with Gasteiger partial charge >= 0.3 is 0 Å². The Morgan fingerprint density at radius 3 is 2.30 bits per heavy atom. The first-order valence-electron chi connectivity index (χ1n) is 8.22. The summed E-state index contributed by atoms with van der Waals surface area (Å²) in [4.78, 5) is 10.0. The molecule has 2 atom stereocenters. The van der Waals surface area contributed by atoms with Crippen LogP contribution in [0.25, 0.3) is 6.08 Å². The predicted octanol–water partition coefficient (Wildman–Crippen LogP) is 5.69. The van der Waals surface area contributed by atoms with Gasteiger partial charge in [-0.05, 0) is 17.7 Å². The van der Waals surface area contributed by atoms with Crippen LogP contribution in [0.3, 0.4) is 0 Å². The standard InChI is InChI=1S/C20H25ClN2/c1-19(2,3)15-10-8-12-7-9-13-14(21)11-16(20(4,5)6)23-18(13)17(12)22-15/h7-11,13,18H,1-6H3. The smallest absolute Gasteiger partial charge is 0.104 e. The van der Waals surface area contributed by atoms with Gasteiger partial charge < -0.3 is 0 Å². The van der Waals surface area contributed by atoms with Gasteiger partial charge in [0, 0.05) is 33.2 Å². The molecule has 1 aliphatic heterocycles. The Hall–Kier alpha value is -1.41. The van der Waals surface area contributed by atoms with Gasteiger partial charge in [0.25, 0.3) is 0 Å². The van der Waals surface area contributed by atoms with E-state index in [0.29, 0.717) is 0 Å². The molecule has 2 nitrogen and oxygen atoms in total. The Morgan fingerprint density at radius 1 is 1.00 bits per heavy atom. The average Bonchev–Trinajstić information content (AvgIpc) is 2.44. The lowest BCUT2D eigenvalue weighted by Gasteiger charge is -2.33. The summed E-state index contributed by atoms with van der Waals surface area (Å²) in [5.41, 5.74) is 4.36. The first kappa shape index (κ1) is 16.4. The number of hydrogen-bond acceptors (Lipinski definition) is 2. The van der Waals surface area contributed by atoms with Crippen molar-refractivity contribution in [3.63, 3.8) is 0 Å². The molecule has 0 saturated heterocycles. The van der Waals surface area contributed by atoms with Crippen LogP contribution in [0.4, 0.5) is 0 Å². The molecule has 0 fully saturated rings. The van der Waals surface area contributed by atoms with E-state index in [2.05, 4.69) is 65.8 Å². The minimum absolute atomic E-state index is 0.0102. The van der Waals surface area contributed by atoms with Gasteiger partial charge in [0.05, 0.1) is 5.69 Å². The van der Waals surface area contributed by atoms with Crippen molar-refractivity contribution in [2.24, 2.45) is 16.3 Å². The molecule has 1 aromatic heterocycles. The monoisotopic (exact) mass is 328 g/mol. The fourth-order valence-electron chi connectivity index (χ4n) is 2.97. The number of hydrogen-bond donors (Lipinski definition) is 0. The molecule has 2 unspecified atom stereocenters. The molecule has 0 N–H and O–H groups in total. The van der Waals surface area contributed by atoms with E-state index in [9.17, 15) is 0 Å². The second-order valence-electron chi connectivity index (χ2n) is 8.54. The number of nitrogens with zero attached hydrogens (tertiary/aromatic N) is 2. The second kappa shape index (κ2) is 5.31. The van der Waals surface area contributed by atoms with E-state index >= 15 is 0 Å². The zero-order valence-electron chi connectivity index (χ0n) is 14.8. The molecular weight excluding hydrogens is 304 g/mol. The summed E-state index contributed by atoms with van der Waals surface area (Å²) in [5.74, 6) is 0.109. The van der Waals surface area contributed by atoms with Crippen LogP contribution in [0.1, 0.15) is 64.5 Å². The van der Waals surface area contributed by atoms with Crippen LogP contribution in [0.5, 0.6) is 0 Å². The highest BCUT2D eigenvalue weighted by Crippen LogP contribution is 2.44. The van der Waals surface area contributed by atoms with Crippen LogP contribution < -0.4 is 0 Å². The number of dihydropyridines is 1. The molecule has 0 spiro atoms. The molecule has 0 amide bonds. The number of rotatable bonds is 0. The maximum atomic E-state index is 6.59. The topological polar surface area (TPSA) is 25.2 Å². The lowest BCUT2D eigenvalue weighted by atomic mass is 9.81. The maximum absolute atomic E-state index is 6.59. The van der Waals surface area contributed by atoms with Crippen LogP contribution in [0.15, 0.2) is 34.3 Å². The molecule has 2 heterocycles. The number of aromatic nitrogens is 1. The summed E-state index contributed by atoms with van der Waals surface area (Å²) in [7, 11) is 0. The number of pyridine rings is 1. The van der Waals surface area contributed by atoms with Crippen molar-refractivity contribution < 1.29 is 0 Å². The lowest BCUT2D eigenvalue weighted by Crippen LogP contribution is -2.28. The van der Waals surface area contributed by atoms with E-state index < -0.39 is 0 Å². The van der Waals surface area contributed by atoms with E-state index in [-0.39, 0.29) is 22.8 Å². The molecule has 23 heavy (non-hydrogen) atoms. The first-order chi connectivity index (χ1) is 10.6. The van der Waals surface area contributed by atoms with Gasteiger partial charge in [-0.2, -0.15) is 0 Å². The molecule has 0 saturated carbocycles. The fraction of sp³-hybridized carbons (Fsp3) is 0.500. The Balaban J connectivity index is 2.14. The van der Waals surface area contributed by atoms with Crippen LogP contribution in [0.2, 0.25) is 0 Å². The predicted molar refractivity (Wildman–Crippen MR) is 99.0 cm³/mol. The van der Waals surface area contributed by atoms with Crippen LogP contribution in [-0.2, 0) is 5.41 Å². The van der Waals surface area contributed by atoms with Crippen molar-refractivity contribution >= 4 is 23.4 Å². The van der Waals surface area contributed by atoms with Crippen molar-refractivity contribution in [2.75, 3.05) is 0 Å². The molecule has 3 rings (SSSR count). The third kappa shape index (κ3) is 3.01. The summed E-state index contributed by atoms with van der Waals surface area (Å²) in [5, 5.41) is 0.861. The number of fused-ring (bicyclic) bond motifs is 3. The largest absolute Gasteiger partial charge is 0.278 e. The zero-order valence-corrected chi connectivity index (χ0v) is 15.6. The number of halogens is 1. The van der Waals surface area contributed by atoms with Gasteiger partial charge in [-0.1, -0.05) is 71.4 Å². The highest BCUT2D eigenvalue weighted by atomic mass is 35.5. The molecule has 0 aromatic carbocycles. The Bertz CT molecular complexity index is 727. The highest BCUT2D eigenvalue weighted by molar-refractivity contribution is 6.32. The van der Waals surface area contributed by atoms with E-state index in [0.717, 1.165) is 27.7 Å². The fourth-order valence-corrected chi connectivity index (χ4v) is 3.27. The normalized spacial score (nSPS) is 23.8. The van der Waals surface area contributed by atoms with Gasteiger partial charge in [0.15, 0.2) is 0 Å². The van der Waals surface area contributed by atoms with Crippen molar-refractivity contribution in [3.8, 4) is 0 Å². The first-order valence-corrected chi connectivity index (χ1v) is 8.60. The third-order valence-corrected chi connectivity index (χ3v) is 4.83. The highest BCUT2D eigenvalue weighted by Gasteiger charge is 2.35. The van der Waals surface area contributed by atoms with Gasteiger partial charge in [0.2, 0.25) is 0 Å². The molecule has 3 heteroatoms. The molecule has 0 radical (unpaired) electrons. The number of aliphatic imine (C=N–C) groups is 1.